The minimum absolute atomic E-state index is 0.0816. The van der Waals surface area contributed by atoms with Crippen molar-refractivity contribution in [1.82, 2.24) is 0 Å². The summed E-state index contributed by atoms with van der Waals surface area (Å²) in [5.41, 5.74) is 2.02. The Balaban J connectivity index is 1.61. The highest BCUT2D eigenvalue weighted by Crippen LogP contribution is 2.33. The molecule has 0 unspecified atom stereocenters. The Kier molecular flexibility index (Phi) is 4.83. The summed E-state index contributed by atoms with van der Waals surface area (Å²) in [6, 6.07) is 20.8. The van der Waals surface area contributed by atoms with E-state index in [0.717, 1.165) is 10.5 Å². The van der Waals surface area contributed by atoms with E-state index in [0.29, 0.717) is 17.1 Å². The fraction of sp³-hybridized carbons (Fsp3) is 0.0870. The van der Waals surface area contributed by atoms with E-state index in [2.05, 4.69) is 5.32 Å². The van der Waals surface area contributed by atoms with Crippen LogP contribution >= 0.6 is 0 Å². The Morgan fingerprint density at radius 1 is 0.897 bits per heavy atom. The molecule has 1 aliphatic heterocycles. The van der Waals surface area contributed by atoms with Crippen LogP contribution in [0, 0.1) is 0 Å². The fourth-order valence-corrected chi connectivity index (χ4v) is 3.42. The van der Waals surface area contributed by atoms with Crippen LogP contribution in [0.15, 0.2) is 72.8 Å². The van der Waals surface area contributed by atoms with Gasteiger partial charge in [0.1, 0.15) is 5.75 Å². The van der Waals surface area contributed by atoms with Gasteiger partial charge in [0, 0.05) is 5.56 Å². The number of nitrogens with zero attached hydrogens (tertiary/aromatic N) is 1. The maximum atomic E-state index is 13.0. The number of hydrogen-bond acceptors (Lipinski definition) is 4. The highest BCUT2D eigenvalue weighted by Gasteiger charge is 2.38. The Morgan fingerprint density at radius 2 is 1.62 bits per heavy atom. The number of nitrogens with one attached hydrogen (secondary N) is 1. The number of carbonyl (C=O) groups excluding carboxylic acids is 3. The number of imide groups is 1. The molecule has 0 radical (unpaired) electrons. The number of amides is 3. The lowest BCUT2D eigenvalue weighted by Crippen LogP contribution is -2.29. The zero-order valence-electron chi connectivity index (χ0n) is 15.7. The second-order valence-electron chi connectivity index (χ2n) is 6.55. The van der Waals surface area contributed by atoms with E-state index in [1.807, 2.05) is 18.2 Å². The van der Waals surface area contributed by atoms with Gasteiger partial charge in [-0.2, -0.15) is 0 Å². The topological polar surface area (TPSA) is 75.7 Å². The van der Waals surface area contributed by atoms with Crippen LogP contribution in [0.2, 0.25) is 0 Å². The maximum Gasteiger partial charge on any atom is 0.268 e. The van der Waals surface area contributed by atoms with Crippen LogP contribution in [-0.2, 0) is 11.2 Å². The molecule has 1 heterocycles. The number of fused-ring (bicyclic) bond motifs is 1. The van der Waals surface area contributed by atoms with Gasteiger partial charge in [-0.1, -0.05) is 42.5 Å². The largest absolute Gasteiger partial charge is 0.496 e. The molecule has 3 aromatic carbocycles. The van der Waals surface area contributed by atoms with Gasteiger partial charge in [-0.15, -0.1) is 0 Å². The number of benzene rings is 3. The summed E-state index contributed by atoms with van der Waals surface area (Å²) in [6.07, 6.45) is 0.0816. The molecule has 1 aliphatic rings. The van der Waals surface area contributed by atoms with Crippen molar-refractivity contribution in [3.05, 3.63) is 89.5 Å². The van der Waals surface area contributed by atoms with Gasteiger partial charge in [0.15, 0.2) is 0 Å². The molecule has 0 saturated heterocycles. The van der Waals surface area contributed by atoms with Crippen molar-refractivity contribution in [3.8, 4) is 5.75 Å². The van der Waals surface area contributed by atoms with Crippen molar-refractivity contribution >= 4 is 29.1 Å². The Labute approximate surface area is 167 Å². The van der Waals surface area contributed by atoms with Crippen molar-refractivity contribution in [2.75, 3.05) is 17.3 Å². The number of ether oxygens (including phenoxy) is 1. The molecule has 144 valence electrons. The standard InChI is InChI=1S/C23H18N2O4/c1-29-19-13-6-5-8-15(19)14-20(26)24-18-12-7-11-17-21(18)23(28)25(22(17)27)16-9-3-2-4-10-16/h2-13H,14H2,1H3,(H,24,26). The second-order valence-corrected chi connectivity index (χ2v) is 6.55. The van der Waals surface area contributed by atoms with Crippen LogP contribution < -0.4 is 15.0 Å². The molecule has 6 heteroatoms. The molecular formula is C23H18N2O4. The summed E-state index contributed by atoms with van der Waals surface area (Å²) in [5, 5.41) is 2.77. The molecule has 6 nitrogen and oxygen atoms in total. The van der Waals surface area contributed by atoms with Crippen LogP contribution in [0.1, 0.15) is 26.3 Å². The molecule has 0 aromatic heterocycles. The van der Waals surface area contributed by atoms with Gasteiger partial charge < -0.3 is 10.1 Å². The van der Waals surface area contributed by atoms with Crippen LogP contribution in [0.4, 0.5) is 11.4 Å². The molecule has 0 spiro atoms. The zero-order valence-corrected chi connectivity index (χ0v) is 15.7. The van der Waals surface area contributed by atoms with E-state index in [1.54, 1.807) is 61.7 Å². The number of hydrogen-bond donors (Lipinski definition) is 1. The molecule has 4 rings (SSSR count). The first-order chi connectivity index (χ1) is 14.1. The number of rotatable bonds is 5. The van der Waals surface area contributed by atoms with Crippen molar-refractivity contribution in [2.45, 2.75) is 6.42 Å². The number of methoxy groups -OCH3 is 1. The first-order valence-corrected chi connectivity index (χ1v) is 9.08. The Morgan fingerprint density at radius 3 is 2.38 bits per heavy atom. The molecule has 3 aromatic rings. The van der Waals surface area contributed by atoms with Crippen molar-refractivity contribution < 1.29 is 19.1 Å². The highest BCUT2D eigenvalue weighted by atomic mass is 16.5. The van der Waals surface area contributed by atoms with Crippen LogP contribution in [-0.4, -0.2) is 24.8 Å². The fourth-order valence-electron chi connectivity index (χ4n) is 3.42. The van der Waals surface area contributed by atoms with Crippen LogP contribution in [0.3, 0.4) is 0 Å². The quantitative estimate of drug-likeness (QED) is 0.679. The average Bonchev–Trinajstić information content (AvgIpc) is 3.00. The lowest BCUT2D eigenvalue weighted by Gasteiger charge is -2.14. The van der Waals surface area contributed by atoms with Crippen molar-refractivity contribution in [2.24, 2.45) is 0 Å². The van der Waals surface area contributed by atoms with E-state index in [-0.39, 0.29) is 23.5 Å². The molecule has 3 amide bonds. The molecule has 29 heavy (non-hydrogen) atoms. The molecule has 0 saturated carbocycles. The van der Waals surface area contributed by atoms with Crippen molar-refractivity contribution in [1.29, 1.82) is 0 Å². The molecule has 0 fully saturated rings. The minimum atomic E-state index is -0.454. The normalized spacial score (nSPS) is 12.7. The summed E-state index contributed by atoms with van der Waals surface area (Å²) in [4.78, 5) is 39.5. The number of anilines is 2. The molecule has 1 N–H and O–H groups in total. The lowest BCUT2D eigenvalue weighted by atomic mass is 10.1. The number of carbonyl (C=O) groups is 3. The molecule has 0 aliphatic carbocycles. The van der Waals surface area contributed by atoms with Crippen LogP contribution in [0.25, 0.3) is 0 Å². The minimum Gasteiger partial charge on any atom is -0.496 e. The second kappa shape index (κ2) is 7.59. The van der Waals surface area contributed by atoms with E-state index < -0.39 is 11.8 Å². The Bertz CT molecular complexity index is 1110. The van der Waals surface area contributed by atoms with Gasteiger partial charge >= 0.3 is 0 Å². The Hall–Kier alpha value is -3.93. The van der Waals surface area contributed by atoms with Gasteiger partial charge in [-0.3, -0.25) is 14.4 Å². The first kappa shape index (κ1) is 18.4. The maximum absolute atomic E-state index is 13.0. The third kappa shape index (κ3) is 3.36. The third-order valence-corrected chi connectivity index (χ3v) is 4.75. The monoisotopic (exact) mass is 386 g/mol. The van der Waals surface area contributed by atoms with Gasteiger partial charge in [-0.25, -0.2) is 4.90 Å². The molecule has 0 bridgehead atoms. The highest BCUT2D eigenvalue weighted by molar-refractivity contribution is 6.36. The van der Waals surface area contributed by atoms with Crippen molar-refractivity contribution in [3.63, 3.8) is 0 Å². The number of para-hydroxylation sites is 2. The van der Waals surface area contributed by atoms with Gasteiger partial charge in [0.2, 0.25) is 5.91 Å². The van der Waals surface area contributed by atoms with Gasteiger partial charge in [-0.05, 0) is 30.3 Å². The summed E-state index contributed by atoms with van der Waals surface area (Å²) < 4.78 is 5.28. The predicted octanol–water partition coefficient (Wildman–Crippen LogP) is 3.68. The summed E-state index contributed by atoms with van der Waals surface area (Å²) in [5.74, 6) is -0.551. The zero-order chi connectivity index (χ0) is 20.4. The van der Waals surface area contributed by atoms with Crippen LogP contribution in [0.5, 0.6) is 5.75 Å². The summed E-state index contributed by atoms with van der Waals surface area (Å²) >= 11 is 0. The molecule has 0 atom stereocenters. The SMILES string of the molecule is COc1ccccc1CC(=O)Nc1cccc2c1C(=O)N(c1ccccc1)C2=O. The summed E-state index contributed by atoms with van der Waals surface area (Å²) in [6.45, 7) is 0. The van der Waals surface area contributed by atoms with Gasteiger partial charge in [0.05, 0.1) is 36.0 Å². The van der Waals surface area contributed by atoms with E-state index >= 15 is 0 Å². The van der Waals surface area contributed by atoms with E-state index in [4.69, 9.17) is 4.74 Å². The summed E-state index contributed by atoms with van der Waals surface area (Å²) in [7, 11) is 1.54. The third-order valence-electron chi connectivity index (χ3n) is 4.75. The smallest absolute Gasteiger partial charge is 0.268 e. The predicted molar refractivity (Wildman–Crippen MR) is 109 cm³/mol. The van der Waals surface area contributed by atoms with E-state index in [9.17, 15) is 14.4 Å². The molecular weight excluding hydrogens is 368 g/mol. The van der Waals surface area contributed by atoms with Gasteiger partial charge in [0.25, 0.3) is 11.8 Å². The first-order valence-electron chi connectivity index (χ1n) is 9.08. The lowest BCUT2D eigenvalue weighted by molar-refractivity contribution is -0.115. The average molecular weight is 386 g/mol. The van der Waals surface area contributed by atoms with E-state index in [1.165, 1.54) is 0 Å².